The van der Waals surface area contributed by atoms with Crippen molar-refractivity contribution in [2.45, 2.75) is 38.1 Å². The number of rotatable bonds is 3. The minimum atomic E-state index is 0.172. The molecule has 10 heteroatoms. The van der Waals surface area contributed by atoms with Crippen LogP contribution in [-0.4, -0.2) is 83.1 Å². The first kappa shape index (κ1) is 17.6. The number of aromatic nitrogens is 4. The number of fused-ring (bicyclic) bond motifs is 1. The molecule has 5 rings (SSSR count). The van der Waals surface area contributed by atoms with Gasteiger partial charge in [0, 0.05) is 32.2 Å². The molecule has 2 saturated heterocycles. The molecule has 0 unspecified atom stereocenters. The number of anilines is 2. The number of carbonyl (C=O) groups is 1. The summed E-state index contributed by atoms with van der Waals surface area (Å²) in [5, 5.41) is 7.68. The van der Waals surface area contributed by atoms with E-state index in [-0.39, 0.29) is 5.91 Å². The van der Waals surface area contributed by atoms with Crippen LogP contribution in [0.5, 0.6) is 0 Å². The predicted octanol–water partition coefficient (Wildman–Crippen LogP) is 0.831. The molecule has 0 radical (unpaired) electrons. The van der Waals surface area contributed by atoms with Gasteiger partial charge in [-0.15, -0.1) is 0 Å². The van der Waals surface area contributed by atoms with Gasteiger partial charge in [-0.3, -0.25) is 4.79 Å². The fraction of sp³-hybridized carbons (Fsp3) is 0.722. The molecule has 0 aromatic carbocycles. The van der Waals surface area contributed by atoms with Crippen LogP contribution in [-0.2, 0) is 9.53 Å². The van der Waals surface area contributed by atoms with Crippen LogP contribution in [0.25, 0.3) is 11.3 Å². The number of morpholine rings is 1. The summed E-state index contributed by atoms with van der Waals surface area (Å²) in [4.78, 5) is 28.5. The number of amides is 1. The van der Waals surface area contributed by atoms with E-state index < -0.39 is 0 Å². The zero-order chi connectivity index (χ0) is 18.9. The Kier molecular flexibility index (Phi) is 4.71. The molecule has 1 aliphatic carbocycles. The van der Waals surface area contributed by atoms with E-state index in [0.29, 0.717) is 42.9 Å². The van der Waals surface area contributed by atoms with Crippen LogP contribution in [0.4, 0.5) is 11.6 Å². The number of hydrogen-bond donors (Lipinski definition) is 0. The van der Waals surface area contributed by atoms with E-state index >= 15 is 0 Å². The minimum Gasteiger partial charge on any atom is -0.378 e. The maximum Gasteiger partial charge on any atom is 0.245 e. The fourth-order valence-corrected chi connectivity index (χ4v) is 4.47. The molecule has 3 fully saturated rings. The van der Waals surface area contributed by atoms with E-state index in [4.69, 9.17) is 9.37 Å². The molecule has 0 N–H and O–H groups in total. The van der Waals surface area contributed by atoms with Crippen molar-refractivity contribution >= 4 is 28.8 Å². The molecule has 2 aromatic rings. The van der Waals surface area contributed by atoms with Crippen molar-refractivity contribution < 1.29 is 14.2 Å². The summed E-state index contributed by atoms with van der Waals surface area (Å²) in [5.41, 5.74) is 0.756. The van der Waals surface area contributed by atoms with Gasteiger partial charge in [0.1, 0.15) is 0 Å². The molecule has 10 nitrogen and oxygen atoms in total. The predicted molar refractivity (Wildman–Crippen MR) is 101 cm³/mol. The molecule has 0 atom stereocenters. The molecule has 150 valence electrons. The minimum absolute atomic E-state index is 0.172. The molecule has 3 aliphatic rings. The van der Waals surface area contributed by atoms with Gasteiger partial charge in [-0.2, -0.15) is 0 Å². The molecule has 1 saturated carbocycles. The lowest BCUT2D eigenvalue weighted by molar-refractivity contribution is -0.134. The summed E-state index contributed by atoms with van der Waals surface area (Å²) in [5.74, 6) is 1.58. The van der Waals surface area contributed by atoms with Crippen LogP contribution in [0.1, 0.15) is 32.1 Å². The lowest BCUT2D eigenvalue weighted by atomic mass is 9.93. The van der Waals surface area contributed by atoms with E-state index in [1.54, 1.807) is 0 Å². The smallest absolute Gasteiger partial charge is 0.245 e. The van der Waals surface area contributed by atoms with E-state index in [0.717, 1.165) is 44.8 Å². The van der Waals surface area contributed by atoms with E-state index in [1.165, 1.54) is 19.3 Å². The molecule has 28 heavy (non-hydrogen) atoms. The third-order valence-electron chi connectivity index (χ3n) is 5.96. The van der Waals surface area contributed by atoms with Crippen molar-refractivity contribution in [3.63, 3.8) is 0 Å². The van der Waals surface area contributed by atoms with Crippen molar-refractivity contribution in [1.82, 2.24) is 25.2 Å². The van der Waals surface area contributed by atoms with Gasteiger partial charge < -0.3 is 19.4 Å². The Morgan fingerprint density at radius 2 is 1.50 bits per heavy atom. The van der Waals surface area contributed by atoms with Gasteiger partial charge >= 0.3 is 0 Å². The summed E-state index contributed by atoms with van der Waals surface area (Å²) < 4.78 is 10.3. The highest BCUT2D eigenvalue weighted by molar-refractivity contribution is 5.85. The first-order valence-electron chi connectivity index (χ1n) is 10.2. The Labute approximate surface area is 162 Å². The van der Waals surface area contributed by atoms with Crippen LogP contribution in [0.3, 0.4) is 0 Å². The van der Waals surface area contributed by atoms with Crippen molar-refractivity contribution in [2.75, 3.05) is 55.7 Å². The second-order valence-electron chi connectivity index (χ2n) is 7.68. The highest BCUT2D eigenvalue weighted by atomic mass is 16.6. The second kappa shape index (κ2) is 7.50. The molecule has 4 heterocycles. The Bertz CT molecular complexity index is 845. The summed E-state index contributed by atoms with van der Waals surface area (Å²) in [7, 11) is 0. The number of piperazine rings is 1. The first-order valence-corrected chi connectivity index (χ1v) is 10.2. The maximum absolute atomic E-state index is 12.9. The number of nitrogens with zero attached hydrogens (tertiary/aromatic N) is 7. The van der Waals surface area contributed by atoms with Gasteiger partial charge in [0.2, 0.25) is 17.2 Å². The molecule has 0 spiro atoms. The van der Waals surface area contributed by atoms with Crippen LogP contribution in [0.2, 0.25) is 0 Å². The average molecular weight is 387 g/mol. The Morgan fingerprint density at radius 3 is 2.18 bits per heavy atom. The highest BCUT2D eigenvalue weighted by Crippen LogP contribution is 2.30. The Morgan fingerprint density at radius 1 is 0.821 bits per heavy atom. The average Bonchev–Trinajstić information content (AvgIpc) is 3.21. The molecule has 0 bridgehead atoms. The molecule has 2 aromatic heterocycles. The molecular weight excluding hydrogens is 362 g/mol. The molecule has 1 amide bonds. The van der Waals surface area contributed by atoms with Crippen LogP contribution in [0.15, 0.2) is 4.63 Å². The summed E-state index contributed by atoms with van der Waals surface area (Å²) in [6.45, 7) is 4.53. The Hall–Kier alpha value is -2.49. The normalized spacial score (nSPS) is 22.3. The van der Waals surface area contributed by atoms with Gasteiger partial charge in [0.05, 0.1) is 19.8 Å². The summed E-state index contributed by atoms with van der Waals surface area (Å²) in [6, 6.07) is 0.399. The first-order chi connectivity index (χ1) is 13.8. The van der Waals surface area contributed by atoms with Crippen LogP contribution < -0.4 is 9.80 Å². The van der Waals surface area contributed by atoms with Crippen molar-refractivity contribution in [3.05, 3.63) is 0 Å². The van der Waals surface area contributed by atoms with Crippen molar-refractivity contribution in [1.29, 1.82) is 0 Å². The van der Waals surface area contributed by atoms with Gasteiger partial charge in [-0.1, -0.05) is 19.3 Å². The van der Waals surface area contributed by atoms with Crippen molar-refractivity contribution in [2.24, 2.45) is 0 Å². The summed E-state index contributed by atoms with van der Waals surface area (Å²) >= 11 is 0. The zero-order valence-electron chi connectivity index (χ0n) is 15.9. The van der Waals surface area contributed by atoms with Gasteiger partial charge in [-0.05, 0) is 23.2 Å². The van der Waals surface area contributed by atoms with E-state index in [1.807, 2.05) is 4.90 Å². The molecular formula is C18H25N7O3. The van der Waals surface area contributed by atoms with Gasteiger partial charge in [0.15, 0.2) is 11.6 Å². The van der Waals surface area contributed by atoms with Crippen molar-refractivity contribution in [3.8, 4) is 0 Å². The lowest BCUT2D eigenvalue weighted by Crippen LogP contribution is -2.55. The molecule has 2 aliphatic heterocycles. The van der Waals surface area contributed by atoms with Gasteiger partial charge in [0.25, 0.3) is 0 Å². The topological polar surface area (TPSA) is 101 Å². The number of hydrogen-bond acceptors (Lipinski definition) is 9. The van der Waals surface area contributed by atoms with E-state index in [9.17, 15) is 4.79 Å². The monoisotopic (exact) mass is 387 g/mol. The number of carbonyl (C=O) groups excluding carboxylic acids is 1. The van der Waals surface area contributed by atoms with Crippen LogP contribution >= 0.6 is 0 Å². The fourth-order valence-electron chi connectivity index (χ4n) is 4.47. The lowest BCUT2D eigenvalue weighted by Gasteiger charge is -2.41. The largest absolute Gasteiger partial charge is 0.378 e. The summed E-state index contributed by atoms with van der Waals surface area (Å²) in [6.07, 6.45) is 5.98. The second-order valence-corrected chi connectivity index (χ2v) is 7.68. The third kappa shape index (κ3) is 3.25. The third-order valence-corrected chi connectivity index (χ3v) is 5.96. The van der Waals surface area contributed by atoms with Crippen LogP contribution in [0, 0.1) is 0 Å². The SMILES string of the molecule is O=C1CN(c2nc3nonc3nc2N2CCOCC2)CCN1C1CCCCC1. The number of ether oxygens (including phenoxy) is 1. The quantitative estimate of drug-likeness (QED) is 0.758. The standard InChI is InChI=1S/C18H25N7O3/c26-14-12-24(6-7-25(14)13-4-2-1-3-5-13)18-17(23-8-10-27-11-9-23)19-15-16(20-18)22-28-21-15/h13H,1-12H2. The maximum atomic E-state index is 12.9. The van der Waals surface area contributed by atoms with Gasteiger partial charge in [-0.25, -0.2) is 14.6 Å². The highest BCUT2D eigenvalue weighted by Gasteiger charge is 2.33. The van der Waals surface area contributed by atoms with E-state index in [2.05, 4.69) is 30.1 Å². The zero-order valence-corrected chi connectivity index (χ0v) is 15.9. The Balaban J connectivity index is 1.41.